The summed E-state index contributed by atoms with van der Waals surface area (Å²) in [6.07, 6.45) is 2.72. The highest BCUT2D eigenvalue weighted by atomic mass is 32.2. The van der Waals surface area contributed by atoms with Crippen molar-refractivity contribution in [3.05, 3.63) is 0 Å². The van der Waals surface area contributed by atoms with Gasteiger partial charge in [0.05, 0.1) is 12.2 Å². The predicted molar refractivity (Wildman–Crippen MR) is 103 cm³/mol. The molecule has 1 saturated heterocycles. The third kappa shape index (κ3) is 6.89. The average molecular weight is 345 g/mol. The first-order valence-electron chi connectivity index (χ1n) is 8.50. The van der Waals surface area contributed by atoms with Crippen molar-refractivity contribution in [3.63, 3.8) is 0 Å². The number of hydrogen-bond acceptors (Lipinski definition) is 4. The fourth-order valence-electron chi connectivity index (χ4n) is 2.67. The Morgan fingerprint density at radius 3 is 2.13 bits per heavy atom. The number of nitrogens with zero attached hydrogens (tertiary/aromatic N) is 2. The van der Waals surface area contributed by atoms with Crippen LogP contribution in [-0.4, -0.2) is 72.8 Å². The summed E-state index contributed by atoms with van der Waals surface area (Å²) >= 11 is 1.86. The Labute approximate surface area is 147 Å². The molecule has 5 nitrogen and oxygen atoms in total. The van der Waals surface area contributed by atoms with Crippen molar-refractivity contribution in [2.75, 3.05) is 39.5 Å². The summed E-state index contributed by atoms with van der Waals surface area (Å²) in [6, 6.07) is 0. The minimum atomic E-state index is 0.0545. The molecule has 23 heavy (non-hydrogen) atoms. The maximum atomic E-state index is 5.85. The number of hydrogen-bond donors (Lipinski definition) is 2. The van der Waals surface area contributed by atoms with E-state index in [1.807, 2.05) is 18.8 Å². The fraction of sp³-hybridized carbons (Fsp3) is 0.941. The topological polar surface area (TPSA) is 48.9 Å². The zero-order valence-corrected chi connectivity index (χ0v) is 17.0. The second kappa shape index (κ2) is 8.58. The number of rotatable bonds is 6. The molecule has 0 bridgehead atoms. The van der Waals surface area contributed by atoms with E-state index in [-0.39, 0.29) is 22.5 Å². The molecule has 0 aliphatic carbocycles. The Bertz CT molecular complexity index is 388. The molecule has 136 valence electrons. The van der Waals surface area contributed by atoms with Crippen LogP contribution in [0.2, 0.25) is 0 Å². The maximum Gasteiger partial charge on any atom is 0.191 e. The molecule has 0 aromatic carbocycles. The van der Waals surface area contributed by atoms with E-state index in [1.165, 1.54) is 0 Å². The SMILES string of the molecule is CN=C(NCC(C)(C)SC)NCC(C)(C)N1CC(C)OC(C)C1. The van der Waals surface area contributed by atoms with Crippen LogP contribution in [0.3, 0.4) is 0 Å². The largest absolute Gasteiger partial charge is 0.373 e. The Morgan fingerprint density at radius 2 is 1.65 bits per heavy atom. The molecule has 6 heteroatoms. The molecule has 1 aliphatic heterocycles. The van der Waals surface area contributed by atoms with Gasteiger partial charge in [0.2, 0.25) is 0 Å². The van der Waals surface area contributed by atoms with E-state index in [0.717, 1.165) is 32.1 Å². The van der Waals surface area contributed by atoms with Crippen molar-refractivity contribution >= 4 is 17.7 Å². The van der Waals surface area contributed by atoms with Crippen LogP contribution in [-0.2, 0) is 4.74 Å². The van der Waals surface area contributed by atoms with Gasteiger partial charge < -0.3 is 15.4 Å². The molecule has 1 rings (SSSR count). The van der Waals surface area contributed by atoms with Crippen molar-refractivity contribution in [1.29, 1.82) is 0 Å². The molecule has 2 atom stereocenters. The minimum absolute atomic E-state index is 0.0545. The van der Waals surface area contributed by atoms with Crippen LogP contribution in [0.25, 0.3) is 0 Å². The molecule has 0 spiro atoms. The summed E-state index contributed by atoms with van der Waals surface area (Å²) in [5, 5.41) is 6.91. The number of thioether (sulfide) groups is 1. The van der Waals surface area contributed by atoms with Crippen LogP contribution < -0.4 is 10.6 Å². The highest BCUT2D eigenvalue weighted by Gasteiger charge is 2.33. The van der Waals surface area contributed by atoms with Gasteiger partial charge in [-0.2, -0.15) is 11.8 Å². The highest BCUT2D eigenvalue weighted by Crippen LogP contribution is 2.21. The third-order valence-electron chi connectivity index (χ3n) is 4.42. The van der Waals surface area contributed by atoms with Gasteiger partial charge in [-0.1, -0.05) is 0 Å². The van der Waals surface area contributed by atoms with Gasteiger partial charge in [-0.25, -0.2) is 0 Å². The Balaban J connectivity index is 2.53. The van der Waals surface area contributed by atoms with Crippen molar-refractivity contribution in [2.45, 2.75) is 64.0 Å². The monoisotopic (exact) mass is 344 g/mol. The molecule has 2 N–H and O–H groups in total. The normalized spacial score (nSPS) is 24.6. The van der Waals surface area contributed by atoms with E-state index < -0.39 is 0 Å². The maximum absolute atomic E-state index is 5.85. The van der Waals surface area contributed by atoms with Gasteiger partial charge in [-0.15, -0.1) is 0 Å². The van der Waals surface area contributed by atoms with Crippen molar-refractivity contribution in [3.8, 4) is 0 Å². The van der Waals surface area contributed by atoms with Crippen LogP contribution in [0.15, 0.2) is 4.99 Å². The first-order valence-corrected chi connectivity index (χ1v) is 9.72. The number of guanidine groups is 1. The molecule has 1 fully saturated rings. The number of ether oxygens (including phenoxy) is 1. The molecule has 2 unspecified atom stereocenters. The van der Waals surface area contributed by atoms with E-state index in [2.05, 4.69) is 68.3 Å². The lowest BCUT2D eigenvalue weighted by molar-refractivity contribution is -0.0946. The quantitative estimate of drug-likeness (QED) is 0.571. The summed E-state index contributed by atoms with van der Waals surface area (Å²) in [5.74, 6) is 0.870. The Morgan fingerprint density at radius 1 is 1.13 bits per heavy atom. The Hall–Kier alpha value is -0.460. The van der Waals surface area contributed by atoms with Crippen LogP contribution >= 0.6 is 11.8 Å². The second-order valence-electron chi connectivity index (χ2n) is 7.72. The zero-order chi connectivity index (χ0) is 17.7. The number of aliphatic imine (C=N–C) groups is 1. The van der Waals surface area contributed by atoms with Crippen LogP contribution in [0.4, 0.5) is 0 Å². The molecule has 0 saturated carbocycles. The summed E-state index contributed by atoms with van der Waals surface area (Å²) in [4.78, 5) is 6.86. The molecule has 0 radical (unpaired) electrons. The van der Waals surface area contributed by atoms with Gasteiger partial charge in [0.1, 0.15) is 0 Å². The van der Waals surface area contributed by atoms with Gasteiger partial charge in [0.25, 0.3) is 0 Å². The van der Waals surface area contributed by atoms with Crippen molar-refractivity contribution in [2.24, 2.45) is 4.99 Å². The lowest BCUT2D eigenvalue weighted by Crippen LogP contribution is -2.59. The first kappa shape index (κ1) is 20.6. The number of nitrogens with one attached hydrogen (secondary N) is 2. The van der Waals surface area contributed by atoms with E-state index in [1.54, 1.807) is 0 Å². The first-order chi connectivity index (χ1) is 10.6. The summed E-state index contributed by atoms with van der Waals surface area (Å²) in [7, 11) is 1.83. The van der Waals surface area contributed by atoms with Crippen LogP contribution in [0.1, 0.15) is 41.5 Å². The summed E-state index contributed by atoms with van der Waals surface area (Å²) in [6.45, 7) is 17.0. The predicted octanol–water partition coefficient (Wildman–Crippen LogP) is 2.18. The molecular weight excluding hydrogens is 308 g/mol. The lowest BCUT2D eigenvalue weighted by Gasteiger charge is -2.45. The van der Waals surface area contributed by atoms with Crippen LogP contribution in [0.5, 0.6) is 0 Å². The minimum Gasteiger partial charge on any atom is -0.373 e. The molecule has 1 heterocycles. The second-order valence-corrected chi connectivity index (χ2v) is 9.23. The van der Waals surface area contributed by atoms with Gasteiger partial charge in [0, 0.05) is 43.5 Å². The highest BCUT2D eigenvalue weighted by molar-refractivity contribution is 7.99. The lowest BCUT2D eigenvalue weighted by atomic mass is 10.00. The Kier molecular flexibility index (Phi) is 7.68. The molecule has 0 aromatic heterocycles. The van der Waals surface area contributed by atoms with Crippen LogP contribution in [0, 0.1) is 0 Å². The van der Waals surface area contributed by atoms with E-state index in [4.69, 9.17) is 4.74 Å². The third-order valence-corrected chi connectivity index (χ3v) is 5.67. The van der Waals surface area contributed by atoms with Crippen molar-refractivity contribution < 1.29 is 4.74 Å². The van der Waals surface area contributed by atoms with Gasteiger partial charge in [0.15, 0.2) is 5.96 Å². The molecule has 0 aromatic rings. The van der Waals surface area contributed by atoms with Gasteiger partial charge in [-0.3, -0.25) is 9.89 Å². The fourth-order valence-corrected chi connectivity index (χ4v) is 2.89. The zero-order valence-electron chi connectivity index (χ0n) is 16.2. The van der Waals surface area contributed by atoms with Gasteiger partial charge >= 0.3 is 0 Å². The molecule has 1 aliphatic rings. The standard InChI is InChI=1S/C17H36N4OS/c1-13-9-21(10-14(2)22-13)16(3,4)11-19-15(18-7)20-12-17(5,6)23-8/h13-14H,9-12H2,1-8H3,(H2,18,19,20). The van der Waals surface area contributed by atoms with Gasteiger partial charge in [-0.05, 0) is 47.8 Å². The average Bonchev–Trinajstić information content (AvgIpc) is 2.46. The van der Waals surface area contributed by atoms with Crippen molar-refractivity contribution in [1.82, 2.24) is 15.5 Å². The van der Waals surface area contributed by atoms with E-state index in [9.17, 15) is 0 Å². The molecular formula is C17H36N4OS. The summed E-state index contributed by atoms with van der Waals surface area (Å²) < 4.78 is 6.04. The summed E-state index contributed by atoms with van der Waals surface area (Å²) in [5.41, 5.74) is 0.0545. The van der Waals surface area contributed by atoms with E-state index >= 15 is 0 Å². The number of morpholine rings is 1. The smallest absolute Gasteiger partial charge is 0.191 e. The molecule has 0 amide bonds. The van der Waals surface area contributed by atoms with E-state index in [0.29, 0.717) is 0 Å².